The van der Waals surface area contributed by atoms with E-state index in [1.807, 2.05) is 67.6 Å². The first-order valence-corrected chi connectivity index (χ1v) is 18.4. The van der Waals surface area contributed by atoms with Gasteiger partial charge in [0, 0.05) is 35.8 Å². The summed E-state index contributed by atoms with van der Waals surface area (Å²) < 4.78 is 22.2. The standard InChI is InChI=1S/C46H40N4O3/c1-8-53-43(51)40-33(22-20-30-17-13-10-14-18-30)35-25-39-45(5,6)27-37-42(52-7)41-28(2)32(21-19-29-15-11-9-12-16-29)34-24-38-44(3,4)26-31-23-36(40)48(35)46(47(31)38,49(37)39)50(34)41/h9-18,23-25H,8,26-27H2,1-7H3/q+2. The van der Waals surface area contributed by atoms with Gasteiger partial charge in [0.1, 0.15) is 10.9 Å². The van der Waals surface area contributed by atoms with E-state index in [0.717, 1.165) is 80.0 Å². The van der Waals surface area contributed by atoms with Crippen LogP contribution in [-0.2, 0) is 15.4 Å². The second kappa shape index (κ2) is 10.5. The second-order valence-electron chi connectivity index (χ2n) is 15.9. The van der Waals surface area contributed by atoms with Gasteiger partial charge in [-0.25, -0.2) is 4.79 Å². The highest BCUT2D eigenvalue weighted by Gasteiger charge is 2.76. The third kappa shape index (κ3) is 3.90. The molecule has 4 aromatic rings. The molecule has 6 aliphatic rings. The van der Waals surface area contributed by atoms with Crippen LogP contribution < -0.4 is 10.7 Å². The number of nitrogens with zero attached hydrogens (tertiary/aromatic N) is 4. The summed E-state index contributed by atoms with van der Waals surface area (Å²) in [4.78, 5) is 14.3. The van der Waals surface area contributed by atoms with Crippen LogP contribution in [0.4, 0.5) is 0 Å². The van der Waals surface area contributed by atoms with Gasteiger partial charge >= 0.3 is 11.9 Å². The van der Waals surface area contributed by atoms with Crippen LogP contribution in [0.25, 0.3) is 24.0 Å². The van der Waals surface area contributed by atoms with Gasteiger partial charge in [0.25, 0.3) is 0 Å². The molecule has 260 valence electrons. The third-order valence-corrected chi connectivity index (χ3v) is 11.8. The zero-order valence-corrected chi connectivity index (χ0v) is 31.1. The zero-order valence-electron chi connectivity index (χ0n) is 31.1. The van der Waals surface area contributed by atoms with Crippen LogP contribution in [0.3, 0.4) is 0 Å². The summed E-state index contributed by atoms with van der Waals surface area (Å²) in [5.74, 6) is 13.6. The molecule has 2 aromatic carbocycles. The number of aromatic nitrogens is 2. The molecule has 1 atom stereocenters. The fraction of sp³-hybridized carbons (Fsp3) is 0.283. The number of esters is 1. The number of ether oxygens (including phenoxy) is 2. The molecule has 7 nitrogen and oxygen atoms in total. The molecule has 0 bridgehead atoms. The monoisotopic (exact) mass is 696 g/mol. The molecular weight excluding hydrogens is 657 g/mol. The summed E-state index contributed by atoms with van der Waals surface area (Å²) in [6.07, 6.45) is 8.41. The third-order valence-electron chi connectivity index (χ3n) is 11.8. The van der Waals surface area contributed by atoms with Gasteiger partial charge < -0.3 is 9.47 Å². The molecule has 53 heavy (non-hydrogen) atoms. The van der Waals surface area contributed by atoms with Gasteiger partial charge in [0.15, 0.2) is 5.70 Å². The number of rotatable bonds is 3. The van der Waals surface area contributed by atoms with E-state index in [1.54, 1.807) is 7.11 Å². The lowest BCUT2D eigenvalue weighted by atomic mass is 9.85. The molecule has 10 rings (SSSR count). The van der Waals surface area contributed by atoms with Crippen LogP contribution in [0.1, 0.15) is 97.0 Å². The van der Waals surface area contributed by atoms with Crippen molar-refractivity contribution in [1.82, 2.24) is 9.13 Å². The summed E-state index contributed by atoms with van der Waals surface area (Å²) in [5, 5.41) is 2.04. The predicted molar refractivity (Wildman–Crippen MR) is 205 cm³/mol. The Hall–Kier alpha value is -6.05. The molecule has 6 aliphatic heterocycles. The maximum Gasteiger partial charge on any atom is 0.553 e. The van der Waals surface area contributed by atoms with E-state index in [4.69, 9.17) is 9.47 Å². The first kappa shape index (κ1) is 31.7. The van der Waals surface area contributed by atoms with Gasteiger partial charge in [0.2, 0.25) is 22.9 Å². The van der Waals surface area contributed by atoms with E-state index in [0.29, 0.717) is 11.1 Å². The predicted octanol–water partition coefficient (Wildman–Crippen LogP) is 5.73. The van der Waals surface area contributed by atoms with Gasteiger partial charge in [-0.1, -0.05) is 69.2 Å². The van der Waals surface area contributed by atoms with Crippen molar-refractivity contribution in [3.05, 3.63) is 128 Å². The van der Waals surface area contributed by atoms with Gasteiger partial charge in [-0.15, -0.1) is 0 Å². The molecule has 2 aromatic heterocycles. The molecule has 0 N–H and O–H groups in total. The van der Waals surface area contributed by atoms with E-state index < -0.39 is 5.91 Å². The first-order valence-electron chi connectivity index (χ1n) is 18.4. The van der Waals surface area contributed by atoms with Crippen LogP contribution in [0.5, 0.6) is 0 Å². The van der Waals surface area contributed by atoms with Crippen molar-refractivity contribution in [3.8, 4) is 23.7 Å². The number of carbonyl (C=O) groups excluding carboxylic acids is 1. The minimum absolute atomic E-state index is 0.208. The Labute approximate surface area is 309 Å². The van der Waals surface area contributed by atoms with Gasteiger partial charge in [-0.05, 0) is 71.4 Å². The Morgan fingerprint density at radius 3 is 2.09 bits per heavy atom. The fourth-order valence-corrected chi connectivity index (χ4v) is 9.64. The average molecular weight is 697 g/mol. The molecule has 0 fully saturated rings. The minimum Gasteiger partial charge on any atom is -0.489 e. The molecule has 1 spiro atoms. The summed E-state index contributed by atoms with van der Waals surface area (Å²) in [5.41, 5.74) is 10.9. The zero-order chi connectivity index (χ0) is 36.6. The van der Waals surface area contributed by atoms with Gasteiger partial charge in [0.05, 0.1) is 58.8 Å². The number of allylic oxidation sites excluding steroid dienone is 2. The molecule has 0 amide bonds. The lowest BCUT2D eigenvalue weighted by Crippen LogP contribution is -2.70. The number of hydrogen-bond acceptors (Lipinski definition) is 3. The van der Waals surface area contributed by atoms with Gasteiger partial charge in [-0.3, -0.25) is 0 Å². The normalized spacial score (nSPS) is 21.0. The maximum atomic E-state index is 14.3. The van der Waals surface area contributed by atoms with E-state index in [2.05, 4.69) is 94.8 Å². The fourth-order valence-electron chi connectivity index (χ4n) is 9.64. The highest BCUT2D eigenvalue weighted by molar-refractivity contribution is 6.16. The number of benzene rings is 2. The largest absolute Gasteiger partial charge is 0.553 e. The van der Waals surface area contributed by atoms with Crippen LogP contribution >= 0.6 is 0 Å². The second-order valence-corrected chi connectivity index (χ2v) is 15.9. The van der Waals surface area contributed by atoms with Crippen molar-refractivity contribution in [2.24, 2.45) is 10.8 Å². The van der Waals surface area contributed by atoms with Crippen molar-refractivity contribution in [3.63, 3.8) is 0 Å². The Morgan fingerprint density at radius 1 is 0.792 bits per heavy atom. The summed E-state index contributed by atoms with van der Waals surface area (Å²) in [6, 6.07) is 20.1. The van der Waals surface area contributed by atoms with Crippen molar-refractivity contribution >= 4 is 41.4 Å². The smallest absolute Gasteiger partial charge is 0.489 e. The Kier molecular flexibility index (Phi) is 6.28. The van der Waals surface area contributed by atoms with Crippen LogP contribution in [0, 0.1) is 41.4 Å². The molecule has 0 saturated heterocycles. The van der Waals surface area contributed by atoms with Crippen molar-refractivity contribution in [2.75, 3.05) is 13.7 Å². The van der Waals surface area contributed by atoms with E-state index in [1.165, 1.54) is 5.71 Å². The van der Waals surface area contributed by atoms with Crippen molar-refractivity contribution in [1.29, 1.82) is 0 Å². The van der Waals surface area contributed by atoms with Crippen molar-refractivity contribution < 1.29 is 23.4 Å². The maximum absolute atomic E-state index is 14.3. The average Bonchev–Trinajstić information content (AvgIpc) is 3.80. The molecule has 1 unspecified atom stereocenters. The number of methoxy groups -OCH3 is 1. The van der Waals surface area contributed by atoms with Crippen LogP contribution in [0.2, 0.25) is 0 Å². The van der Waals surface area contributed by atoms with E-state index >= 15 is 0 Å². The molecule has 7 heteroatoms. The van der Waals surface area contributed by atoms with E-state index in [-0.39, 0.29) is 23.4 Å². The minimum atomic E-state index is -0.974. The summed E-state index contributed by atoms with van der Waals surface area (Å²) >= 11 is 0. The highest BCUT2D eigenvalue weighted by Crippen LogP contribution is 2.55. The number of carbonyl (C=O) groups is 1. The molecule has 0 aliphatic carbocycles. The quantitative estimate of drug-likeness (QED) is 0.156. The molecular formula is C46H40N4O3+2. The SMILES string of the molecule is CCOC(=O)c1c(C#Cc2ccccc2)c2n3c1C=C1CC(C)(C)C4=[N+]1C31n3c(c(C#Cc5ccccc5)c(C)c3=C(OC)C3=[N+]1C(=C2)C(C)(C)C3)=C4. The highest BCUT2D eigenvalue weighted by atomic mass is 16.5. The van der Waals surface area contributed by atoms with Crippen LogP contribution in [-0.4, -0.2) is 49.4 Å². The topological polar surface area (TPSA) is 51.4 Å². The molecule has 0 radical (unpaired) electrons. The lowest BCUT2D eigenvalue weighted by Gasteiger charge is -2.39. The molecule has 0 saturated carbocycles. The first-order chi connectivity index (χ1) is 25.5. The Balaban J connectivity index is 1.42. The van der Waals surface area contributed by atoms with Crippen molar-refractivity contribution in [2.45, 2.75) is 60.3 Å². The Morgan fingerprint density at radius 2 is 1.45 bits per heavy atom. The Bertz CT molecular complexity index is 2800. The summed E-state index contributed by atoms with van der Waals surface area (Å²) in [6.45, 7) is 13.6. The van der Waals surface area contributed by atoms with E-state index in [9.17, 15) is 4.79 Å². The lowest BCUT2D eigenvalue weighted by molar-refractivity contribution is -0.838. The number of hydrogen-bond donors (Lipinski definition) is 0. The molecule has 8 heterocycles. The van der Waals surface area contributed by atoms with Crippen LogP contribution in [0.15, 0.2) is 72.1 Å². The summed E-state index contributed by atoms with van der Waals surface area (Å²) in [7, 11) is 1.78. The van der Waals surface area contributed by atoms with Gasteiger partial charge in [-0.2, -0.15) is 9.13 Å².